The summed E-state index contributed by atoms with van der Waals surface area (Å²) in [5, 5.41) is 7.19. The molecule has 1 saturated heterocycles. The van der Waals surface area contributed by atoms with Gasteiger partial charge in [0, 0.05) is 45.5 Å². The highest BCUT2D eigenvalue weighted by Crippen LogP contribution is 2.20. The Morgan fingerprint density at radius 3 is 2.63 bits per heavy atom. The highest BCUT2D eigenvalue weighted by Gasteiger charge is 2.13. The summed E-state index contributed by atoms with van der Waals surface area (Å²) in [7, 11) is 2.18. The molecule has 2 aromatic heterocycles. The van der Waals surface area contributed by atoms with Gasteiger partial charge >= 0.3 is 0 Å². The number of piperazine rings is 1. The summed E-state index contributed by atoms with van der Waals surface area (Å²) in [6.45, 7) is 8.42. The summed E-state index contributed by atoms with van der Waals surface area (Å²) in [5.74, 6) is 0.214. The summed E-state index contributed by atoms with van der Waals surface area (Å²) < 4.78 is 13.8. The third kappa shape index (κ3) is 7.27. The van der Waals surface area contributed by atoms with Crippen molar-refractivity contribution >= 4 is 12.0 Å². The number of aromatic nitrogens is 3. The fourth-order valence-corrected chi connectivity index (χ4v) is 3.85. The van der Waals surface area contributed by atoms with Gasteiger partial charge in [0.15, 0.2) is 17.5 Å². The first-order valence-corrected chi connectivity index (χ1v) is 12.1. The predicted octanol–water partition coefficient (Wildman–Crippen LogP) is 3.37. The summed E-state index contributed by atoms with van der Waals surface area (Å²) in [6, 6.07) is 12.7. The molecule has 0 amide bonds. The average Bonchev–Trinajstić information content (AvgIpc) is 2.89. The van der Waals surface area contributed by atoms with Crippen LogP contribution in [0, 0.1) is 5.82 Å². The van der Waals surface area contributed by atoms with Crippen molar-refractivity contribution < 1.29 is 4.39 Å². The van der Waals surface area contributed by atoms with Crippen molar-refractivity contribution in [2.75, 3.05) is 45.1 Å². The van der Waals surface area contributed by atoms with Crippen LogP contribution >= 0.6 is 0 Å². The molecule has 1 aliphatic heterocycles. The molecule has 3 aromatic rings. The quantitative estimate of drug-likeness (QED) is 0.343. The molecule has 2 N–H and O–H groups in total. The van der Waals surface area contributed by atoms with Crippen LogP contribution in [0.4, 0.5) is 10.2 Å². The SMILES string of the molecule is CCCNc1nc(CN/N=C/c2cc(-c3ccc(CN4CCN(C)CC4)cc3)ccn2)ncc1F. The largest absolute Gasteiger partial charge is 0.368 e. The zero-order valence-corrected chi connectivity index (χ0v) is 20.4. The van der Waals surface area contributed by atoms with Crippen molar-refractivity contribution in [3.05, 3.63) is 71.7 Å². The van der Waals surface area contributed by atoms with Crippen LogP contribution in [0.5, 0.6) is 0 Å². The second kappa shape index (κ2) is 12.3. The fraction of sp³-hybridized carbons (Fsp3) is 0.385. The third-order valence-electron chi connectivity index (χ3n) is 5.93. The third-order valence-corrected chi connectivity index (χ3v) is 5.93. The maximum atomic E-state index is 13.8. The molecule has 8 nitrogen and oxygen atoms in total. The first kappa shape index (κ1) is 24.7. The molecule has 0 bridgehead atoms. The van der Waals surface area contributed by atoms with Crippen LogP contribution in [0.25, 0.3) is 11.1 Å². The molecule has 184 valence electrons. The van der Waals surface area contributed by atoms with E-state index in [-0.39, 0.29) is 12.4 Å². The van der Waals surface area contributed by atoms with E-state index < -0.39 is 5.82 Å². The van der Waals surface area contributed by atoms with Gasteiger partial charge in [-0.05, 0) is 42.3 Å². The van der Waals surface area contributed by atoms with E-state index in [9.17, 15) is 4.39 Å². The van der Waals surface area contributed by atoms with Gasteiger partial charge < -0.3 is 15.6 Å². The molecule has 0 aliphatic carbocycles. The van der Waals surface area contributed by atoms with E-state index in [2.05, 4.69) is 71.9 Å². The summed E-state index contributed by atoms with van der Waals surface area (Å²) >= 11 is 0. The smallest absolute Gasteiger partial charge is 0.183 e. The van der Waals surface area contributed by atoms with Crippen molar-refractivity contribution in [2.24, 2.45) is 5.10 Å². The lowest BCUT2D eigenvalue weighted by Crippen LogP contribution is -2.43. The molecule has 1 fully saturated rings. The maximum absolute atomic E-state index is 13.8. The molecule has 0 unspecified atom stereocenters. The van der Waals surface area contributed by atoms with E-state index in [0.717, 1.165) is 56.0 Å². The molecular formula is C26H33FN8. The Labute approximate surface area is 206 Å². The van der Waals surface area contributed by atoms with Crippen LogP contribution in [0.3, 0.4) is 0 Å². The zero-order chi connectivity index (χ0) is 24.5. The molecule has 1 aliphatic rings. The Morgan fingerprint density at radius 1 is 1.06 bits per heavy atom. The van der Waals surface area contributed by atoms with E-state index in [0.29, 0.717) is 12.4 Å². The predicted molar refractivity (Wildman–Crippen MR) is 138 cm³/mol. The topological polar surface area (TPSA) is 81.6 Å². The lowest BCUT2D eigenvalue weighted by Gasteiger charge is -2.32. The minimum absolute atomic E-state index is 0.214. The highest BCUT2D eigenvalue weighted by molar-refractivity contribution is 5.79. The Hall–Kier alpha value is -3.43. The monoisotopic (exact) mass is 476 g/mol. The van der Waals surface area contributed by atoms with Crippen LogP contribution in [0.2, 0.25) is 0 Å². The number of rotatable bonds is 10. The molecule has 1 aromatic carbocycles. The van der Waals surface area contributed by atoms with Gasteiger partial charge in [0.2, 0.25) is 0 Å². The van der Waals surface area contributed by atoms with Crippen LogP contribution in [0.15, 0.2) is 53.9 Å². The van der Waals surface area contributed by atoms with E-state index >= 15 is 0 Å². The molecule has 4 rings (SSSR count). The molecule has 9 heteroatoms. The fourth-order valence-electron chi connectivity index (χ4n) is 3.85. The van der Waals surface area contributed by atoms with Crippen molar-refractivity contribution in [2.45, 2.75) is 26.4 Å². The summed E-state index contributed by atoms with van der Waals surface area (Å²) in [4.78, 5) is 17.5. The molecule has 0 radical (unpaired) electrons. The average molecular weight is 477 g/mol. The number of likely N-dealkylation sites (N-methyl/N-ethyl adjacent to an activating group) is 1. The van der Waals surface area contributed by atoms with Gasteiger partial charge in [0.1, 0.15) is 0 Å². The number of pyridine rings is 1. The van der Waals surface area contributed by atoms with Crippen molar-refractivity contribution in [3.8, 4) is 11.1 Å². The lowest BCUT2D eigenvalue weighted by molar-refractivity contribution is 0.148. The number of hydrogen-bond acceptors (Lipinski definition) is 8. The van der Waals surface area contributed by atoms with Crippen LogP contribution in [-0.4, -0.2) is 70.7 Å². The second-order valence-corrected chi connectivity index (χ2v) is 8.75. The highest BCUT2D eigenvalue weighted by atomic mass is 19.1. The van der Waals surface area contributed by atoms with Crippen molar-refractivity contribution in [1.29, 1.82) is 0 Å². The Morgan fingerprint density at radius 2 is 1.86 bits per heavy atom. The number of benzene rings is 1. The summed E-state index contributed by atoms with van der Waals surface area (Å²) in [5.41, 5.74) is 7.20. The lowest BCUT2D eigenvalue weighted by atomic mass is 10.0. The Kier molecular flexibility index (Phi) is 8.69. The minimum atomic E-state index is -0.459. The number of anilines is 1. The first-order valence-electron chi connectivity index (χ1n) is 12.1. The Bertz CT molecular complexity index is 1110. The van der Waals surface area contributed by atoms with Crippen LogP contribution in [0.1, 0.15) is 30.4 Å². The van der Waals surface area contributed by atoms with Gasteiger partial charge in [-0.15, -0.1) is 0 Å². The number of nitrogens with one attached hydrogen (secondary N) is 2. The van der Waals surface area contributed by atoms with Gasteiger partial charge in [0.05, 0.1) is 24.7 Å². The van der Waals surface area contributed by atoms with Gasteiger partial charge in [-0.3, -0.25) is 9.88 Å². The number of hydrogen-bond donors (Lipinski definition) is 2. The minimum Gasteiger partial charge on any atom is -0.368 e. The second-order valence-electron chi connectivity index (χ2n) is 8.75. The standard InChI is InChI=1S/C26H33FN8/c1-3-9-29-26-24(27)17-30-25(33-26)18-32-31-16-23-15-22(8-10-28-23)21-6-4-20(5-7-21)19-35-13-11-34(2)12-14-35/h4-8,10,15-17,32H,3,9,11-14,18-19H2,1-2H3,(H,29,30,33)/b31-16+. The first-order chi connectivity index (χ1) is 17.1. The molecular weight excluding hydrogens is 443 g/mol. The van der Waals surface area contributed by atoms with Gasteiger partial charge in [0.25, 0.3) is 0 Å². The van der Waals surface area contributed by atoms with Crippen LogP contribution < -0.4 is 10.7 Å². The van der Waals surface area contributed by atoms with Gasteiger partial charge in [-0.2, -0.15) is 5.10 Å². The van der Waals surface area contributed by atoms with Crippen molar-refractivity contribution in [3.63, 3.8) is 0 Å². The number of hydrazone groups is 1. The van der Waals surface area contributed by atoms with Gasteiger partial charge in [-0.25, -0.2) is 14.4 Å². The summed E-state index contributed by atoms with van der Waals surface area (Å²) in [6.07, 6.45) is 5.50. The van der Waals surface area contributed by atoms with Crippen molar-refractivity contribution in [1.82, 2.24) is 30.2 Å². The van der Waals surface area contributed by atoms with Gasteiger partial charge in [-0.1, -0.05) is 31.2 Å². The normalized spacial score (nSPS) is 14.9. The molecule has 0 saturated carbocycles. The number of nitrogens with zero attached hydrogens (tertiary/aromatic N) is 6. The van der Waals surface area contributed by atoms with E-state index in [1.54, 1.807) is 12.4 Å². The molecule has 0 spiro atoms. The zero-order valence-electron chi connectivity index (χ0n) is 20.4. The molecule has 3 heterocycles. The Balaban J connectivity index is 1.32. The maximum Gasteiger partial charge on any atom is 0.183 e. The van der Waals surface area contributed by atoms with E-state index in [1.807, 2.05) is 19.1 Å². The van der Waals surface area contributed by atoms with Crippen LogP contribution in [-0.2, 0) is 13.1 Å². The molecule has 0 atom stereocenters. The molecule has 35 heavy (non-hydrogen) atoms. The van der Waals surface area contributed by atoms with E-state index in [1.165, 1.54) is 11.8 Å². The van der Waals surface area contributed by atoms with E-state index in [4.69, 9.17) is 0 Å². The number of halogens is 1.